The van der Waals surface area contributed by atoms with Crippen LogP contribution < -0.4 is 5.73 Å². The molecule has 0 spiro atoms. The van der Waals surface area contributed by atoms with Gasteiger partial charge in [0.25, 0.3) is 0 Å². The van der Waals surface area contributed by atoms with Crippen molar-refractivity contribution in [1.29, 1.82) is 0 Å². The maximum absolute atomic E-state index is 12.5. The molecule has 0 aromatic heterocycles. The molecule has 0 aliphatic carbocycles. The highest BCUT2D eigenvalue weighted by Crippen LogP contribution is 2.43. The van der Waals surface area contributed by atoms with Crippen molar-refractivity contribution in [1.82, 2.24) is 0 Å². The summed E-state index contributed by atoms with van der Waals surface area (Å²) in [4.78, 5) is 45.8. The number of hydrogen-bond donors (Lipinski definition) is 3. The van der Waals surface area contributed by atoms with E-state index in [0.29, 0.717) is 19.3 Å². The number of phosphoric acid groups is 1. The molecule has 0 saturated carbocycles. The Labute approximate surface area is 336 Å². The normalized spacial score (nSPS) is 14.8. The number of unbranched alkanes of at least 4 members (excludes halogenated alkanes) is 10. The van der Waals surface area contributed by atoms with Gasteiger partial charge in [0.15, 0.2) is 6.10 Å². The molecule has 12 heteroatoms. The summed E-state index contributed by atoms with van der Waals surface area (Å²) in [6, 6.07) is -1.54. The Balaban J connectivity index is 4.47. The number of carboxylic acids is 1. The molecule has 0 fully saturated rings. The molecule has 0 aliphatic heterocycles. The molecule has 0 aliphatic rings. The third-order valence-electron chi connectivity index (χ3n) is 7.96. The number of carbonyl (C=O) groups excluding carboxylic acids is 2. The van der Waals surface area contributed by atoms with Crippen LogP contribution in [0, 0.1) is 0 Å². The predicted octanol–water partition coefficient (Wildman–Crippen LogP) is 10.5. The molecule has 0 aromatic rings. The maximum atomic E-state index is 12.5. The van der Waals surface area contributed by atoms with Gasteiger partial charge in [-0.2, -0.15) is 0 Å². The Bertz CT molecular complexity index is 1310. The molecule has 0 amide bonds. The van der Waals surface area contributed by atoms with E-state index < -0.39 is 51.1 Å². The van der Waals surface area contributed by atoms with Gasteiger partial charge in [0.05, 0.1) is 13.2 Å². The Morgan fingerprint density at radius 3 is 1.66 bits per heavy atom. The summed E-state index contributed by atoms with van der Waals surface area (Å²) in [7, 11) is -4.74. The molecule has 0 aromatic carbocycles. The van der Waals surface area contributed by atoms with E-state index in [4.69, 9.17) is 24.8 Å². The van der Waals surface area contributed by atoms with Gasteiger partial charge < -0.3 is 25.2 Å². The monoisotopic (exact) mass is 803 g/mol. The van der Waals surface area contributed by atoms with Crippen molar-refractivity contribution in [2.24, 2.45) is 5.73 Å². The molecular formula is C44H70NO10P. The van der Waals surface area contributed by atoms with Crippen LogP contribution in [0.25, 0.3) is 0 Å². The summed E-state index contributed by atoms with van der Waals surface area (Å²) < 4.78 is 32.5. The number of esters is 2. The van der Waals surface area contributed by atoms with E-state index in [0.717, 1.165) is 51.4 Å². The van der Waals surface area contributed by atoms with Gasteiger partial charge in [-0.3, -0.25) is 23.4 Å². The molecule has 56 heavy (non-hydrogen) atoms. The molecule has 0 radical (unpaired) electrons. The zero-order valence-electron chi connectivity index (χ0n) is 33.9. The first kappa shape index (κ1) is 52.4. The zero-order valence-corrected chi connectivity index (χ0v) is 34.8. The minimum Gasteiger partial charge on any atom is -0.480 e. The van der Waals surface area contributed by atoms with Crippen LogP contribution in [0.5, 0.6) is 0 Å². The van der Waals surface area contributed by atoms with Crippen molar-refractivity contribution in [2.75, 3.05) is 19.8 Å². The van der Waals surface area contributed by atoms with Crippen LogP contribution in [-0.2, 0) is 37.5 Å². The third-order valence-corrected chi connectivity index (χ3v) is 8.91. The van der Waals surface area contributed by atoms with Gasteiger partial charge in [-0.05, 0) is 57.8 Å². The average Bonchev–Trinajstić information content (AvgIpc) is 3.17. The van der Waals surface area contributed by atoms with Crippen molar-refractivity contribution in [3.8, 4) is 0 Å². The van der Waals surface area contributed by atoms with E-state index in [2.05, 4.69) is 60.9 Å². The van der Waals surface area contributed by atoms with Gasteiger partial charge in [0.2, 0.25) is 0 Å². The lowest BCUT2D eigenvalue weighted by atomic mass is 10.1. The minimum atomic E-state index is -4.74. The molecule has 2 unspecified atom stereocenters. The lowest BCUT2D eigenvalue weighted by Gasteiger charge is -2.20. The molecule has 316 valence electrons. The number of phosphoric ester groups is 1. The lowest BCUT2D eigenvalue weighted by molar-refractivity contribution is -0.161. The smallest absolute Gasteiger partial charge is 0.472 e. The number of allylic oxidation sites excluding steroid dienone is 16. The molecule has 11 nitrogen and oxygen atoms in total. The Morgan fingerprint density at radius 1 is 0.571 bits per heavy atom. The minimum absolute atomic E-state index is 0.0579. The van der Waals surface area contributed by atoms with E-state index >= 15 is 0 Å². The standard InChI is InChI=1S/C44H70NO10P/c1-3-5-7-9-11-13-15-17-18-19-20-21-22-24-25-27-29-31-33-35-42(46)52-37-40(38-53-56(50,51)54-39-41(45)44(48)49)55-43(47)36-34-32-30-28-26-23-16-14-12-10-8-6-4-2/h5-8,10-14,16-18,23,26,28,30,40-41H,3-4,9,15,19-22,24-25,27,29,31-39,45H2,1-2H3,(H,48,49)(H,50,51)/b7-5+,8-6+,12-10+,13-11+,16-14+,18-17+,26-23+,30-28+/t40?,41-/m1/s1. The Hall–Kier alpha value is -3.60. The summed E-state index contributed by atoms with van der Waals surface area (Å²) in [5.74, 6) is -2.50. The maximum Gasteiger partial charge on any atom is 0.472 e. The summed E-state index contributed by atoms with van der Waals surface area (Å²) in [5.41, 5.74) is 5.32. The topological polar surface area (TPSA) is 172 Å². The highest BCUT2D eigenvalue weighted by atomic mass is 31.2. The quantitative estimate of drug-likeness (QED) is 0.0181. The Kier molecular flexibility index (Phi) is 35.8. The molecule has 0 bridgehead atoms. The highest BCUT2D eigenvalue weighted by Gasteiger charge is 2.28. The fourth-order valence-electron chi connectivity index (χ4n) is 4.81. The van der Waals surface area contributed by atoms with E-state index in [1.165, 1.54) is 32.1 Å². The molecule has 0 saturated heterocycles. The molecule has 0 heterocycles. The number of carboxylic acid groups (broad SMARTS) is 1. The van der Waals surface area contributed by atoms with Crippen molar-refractivity contribution >= 4 is 25.7 Å². The van der Waals surface area contributed by atoms with Gasteiger partial charge >= 0.3 is 25.7 Å². The van der Waals surface area contributed by atoms with Crippen LogP contribution in [0.3, 0.4) is 0 Å². The van der Waals surface area contributed by atoms with E-state index in [1.807, 2.05) is 54.7 Å². The molecular weight excluding hydrogens is 733 g/mol. The largest absolute Gasteiger partial charge is 0.480 e. The van der Waals surface area contributed by atoms with Crippen LogP contribution in [0.4, 0.5) is 0 Å². The van der Waals surface area contributed by atoms with Crippen LogP contribution in [-0.4, -0.2) is 59.9 Å². The molecule has 4 N–H and O–H groups in total. The second-order valence-electron chi connectivity index (χ2n) is 13.1. The van der Waals surface area contributed by atoms with Gasteiger partial charge in [-0.1, -0.05) is 156 Å². The summed E-state index contributed by atoms with van der Waals surface area (Å²) in [6.07, 6.45) is 47.8. The molecule has 0 rings (SSSR count). The number of aliphatic carboxylic acids is 1. The second-order valence-corrected chi connectivity index (χ2v) is 14.6. The predicted molar refractivity (Wildman–Crippen MR) is 226 cm³/mol. The average molecular weight is 804 g/mol. The van der Waals surface area contributed by atoms with Crippen LogP contribution >= 0.6 is 7.82 Å². The first-order chi connectivity index (χ1) is 27.1. The van der Waals surface area contributed by atoms with Crippen LogP contribution in [0.2, 0.25) is 0 Å². The van der Waals surface area contributed by atoms with Gasteiger partial charge in [0.1, 0.15) is 12.6 Å². The van der Waals surface area contributed by atoms with Crippen LogP contribution in [0.1, 0.15) is 129 Å². The number of rotatable bonds is 36. The second kappa shape index (κ2) is 38.3. The van der Waals surface area contributed by atoms with Crippen molar-refractivity contribution in [3.63, 3.8) is 0 Å². The SMILES string of the molecule is CC/C=C/C=C/C=C/C=C/C=C/CCCC(=O)OC(COC(=O)CCCCCCCCCCC/C=C/C/C=C/C/C=C/CC)COP(=O)(O)OC[C@@H](N)C(=O)O. The highest BCUT2D eigenvalue weighted by molar-refractivity contribution is 7.47. The van der Waals surface area contributed by atoms with Crippen LogP contribution in [0.15, 0.2) is 97.2 Å². The van der Waals surface area contributed by atoms with Crippen molar-refractivity contribution in [2.45, 2.75) is 142 Å². The van der Waals surface area contributed by atoms with Crippen molar-refractivity contribution < 1.29 is 47.5 Å². The fraction of sp³-hybridized carbons (Fsp3) is 0.568. The van der Waals surface area contributed by atoms with Gasteiger partial charge in [0, 0.05) is 12.8 Å². The Morgan fingerprint density at radius 2 is 1.05 bits per heavy atom. The van der Waals surface area contributed by atoms with E-state index in [-0.39, 0.29) is 19.4 Å². The van der Waals surface area contributed by atoms with Gasteiger partial charge in [-0.15, -0.1) is 0 Å². The lowest BCUT2D eigenvalue weighted by Crippen LogP contribution is -2.34. The summed E-state index contributed by atoms with van der Waals surface area (Å²) >= 11 is 0. The van der Waals surface area contributed by atoms with E-state index in [9.17, 15) is 23.8 Å². The summed E-state index contributed by atoms with van der Waals surface area (Å²) in [6.45, 7) is 2.44. The number of carbonyl (C=O) groups is 3. The first-order valence-corrected chi connectivity index (χ1v) is 21.8. The van der Waals surface area contributed by atoms with Crippen molar-refractivity contribution in [3.05, 3.63) is 97.2 Å². The molecule has 3 atom stereocenters. The first-order valence-electron chi connectivity index (χ1n) is 20.3. The van der Waals surface area contributed by atoms with Gasteiger partial charge in [-0.25, -0.2) is 4.57 Å². The fourth-order valence-corrected chi connectivity index (χ4v) is 5.59. The number of ether oxygens (including phenoxy) is 2. The third kappa shape index (κ3) is 37.3. The summed E-state index contributed by atoms with van der Waals surface area (Å²) in [5, 5.41) is 8.87. The van der Waals surface area contributed by atoms with E-state index in [1.54, 1.807) is 0 Å². The zero-order chi connectivity index (χ0) is 41.4. The number of nitrogens with two attached hydrogens (primary N) is 1. The number of hydrogen-bond acceptors (Lipinski definition) is 9.